The van der Waals surface area contributed by atoms with Crippen LogP contribution in [0.1, 0.15) is 48.7 Å². The van der Waals surface area contributed by atoms with Gasteiger partial charge in [-0.3, -0.25) is 19.4 Å². The number of phenolic OH excluding ortho intramolecular Hbond substituents is 1. The van der Waals surface area contributed by atoms with Gasteiger partial charge in [-0.25, -0.2) is 5.43 Å². The second-order valence-electron chi connectivity index (χ2n) is 7.71. The quantitative estimate of drug-likeness (QED) is 0.451. The van der Waals surface area contributed by atoms with E-state index >= 15 is 0 Å². The summed E-state index contributed by atoms with van der Waals surface area (Å²) in [6.07, 6.45) is 4.23. The zero-order valence-electron chi connectivity index (χ0n) is 20.2. The fourth-order valence-corrected chi connectivity index (χ4v) is 3.32. The minimum atomic E-state index is -0.363. The van der Waals surface area contributed by atoms with Gasteiger partial charge in [0.25, 0.3) is 0 Å². The van der Waals surface area contributed by atoms with E-state index in [0.717, 1.165) is 23.4 Å². The Bertz CT molecular complexity index is 1030. The number of hydrogen-bond acceptors (Lipinski definition) is 7. The van der Waals surface area contributed by atoms with Gasteiger partial charge in [-0.1, -0.05) is 37.3 Å². The lowest BCUT2D eigenvalue weighted by Gasteiger charge is -2.22. The maximum Gasteiger partial charge on any atom is 0.325 e. The van der Waals surface area contributed by atoms with Crippen LogP contribution in [0, 0.1) is 6.92 Å². The van der Waals surface area contributed by atoms with E-state index in [9.17, 15) is 19.5 Å². The summed E-state index contributed by atoms with van der Waals surface area (Å²) in [6, 6.07) is 12.8. The number of nitrogens with zero attached hydrogens (tertiary/aromatic N) is 2. The molecule has 1 aliphatic heterocycles. The molecular weight excluding hydrogens is 434 g/mol. The van der Waals surface area contributed by atoms with Crippen molar-refractivity contribution >= 4 is 23.3 Å². The zero-order chi connectivity index (χ0) is 25.1. The van der Waals surface area contributed by atoms with E-state index in [0.29, 0.717) is 25.1 Å². The Hall–Kier alpha value is -3.65. The molecule has 0 saturated carbocycles. The van der Waals surface area contributed by atoms with Crippen LogP contribution in [0.25, 0.3) is 0 Å². The minimum absolute atomic E-state index is 0.00878. The number of ether oxygens (including phenoxy) is 1. The summed E-state index contributed by atoms with van der Waals surface area (Å²) in [7, 11) is 0. The topological polar surface area (TPSA) is 99.2 Å². The van der Waals surface area contributed by atoms with Crippen LogP contribution in [0.4, 0.5) is 5.69 Å². The number of nitrogens with one attached hydrogen (secondary N) is 1. The standard InChI is InChI=1S/C15H21NO3.C11H12N2O2/c1-4-14(17)16(11-15(18)19-5-2)10-13-9-7-6-8-12(13)3;1-8(14)10-4-3-9(7-11(10)15)13-6-2-5-12-13/h6-9H,4-5,10-11H2,1-3H3;2-4,6-7,12,15H,5H2,1H3. The van der Waals surface area contributed by atoms with E-state index in [2.05, 4.69) is 5.43 Å². The number of esters is 1. The Labute approximate surface area is 200 Å². The Morgan fingerprint density at radius 2 is 1.88 bits per heavy atom. The van der Waals surface area contributed by atoms with Crippen LogP contribution >= 0.6 is 0 Å². The van der Waals surface area contributed by atoms with Gasteiger partial charge >= 0.3 is 5.97 Å². The van der Waals surface area contributed by atoms with Gasteiger partial charge in [-0.15, -0.1) is 0 Å². The number of anilines is 1. The normalized spacial score (nSPS) is 12.1. The van der Waals surface area contributed by atoms with Crippen molar-refractivity contribution in [1.29, 1.82) is 0 Å². The number of benzene rings is 2. The smallest absolute Gasteiger partial charge is 0.325 e. The van der Waals surface area contributed by atoms with Gasteiger partial charge in [0.05, 0.1) is 17.9 Å². The third-order valence-electron chi connectivity index (χ3n) is 5.18. The number of hydrazine groups is 1. The van der Waals surface area contributed by atoms with Gasteiger partial charge in [-0.2, -0.15) is 0 Å². The highest BCUT2D eigenvalue weighted by Crippen LogP contribution is 2.25. The summed E-state index contributed by atoms with van der Waals surface area (Å²) >= 11 is 0. The molecule has 0 aliphatic carbocycles. The number of aromatic hydroxyl groups is 1. The van der Waals surface area contributed by atoms with E-state index < -0.39 is 0 Å². The van der Waals surface area contributed by atoms with E-state index in [1.54, 1.807) is 42.0 Å². The molecule has 1 amide bonds. The predicted molar refractivity (Wildman–Crippen MR) is 131 cm³/mol. The molecule has 34 heavy (non-hydrogen) atoms. The summed E-state index contributed by atoms with van der Waals surface area (Å²) in [4.78, 5) is 36.1. The Morgan fingerprint density at radius 1 is 1.15 bits per heavy atom. The molecule has 0 radical (unpaired) electrons. The molecule has 2 aromatic rings. The summed E-state index contributed by atoms with van der Waals surface area (Å²) in [5, 5.41) is 11.4. The first-order valence-corrected chi connectivity index (χ1v) is 11.3. The Kier molecular flexibility index (Phi) is 10.3. The lowest BCUT2D eigenvalue weighted by Crippen LogP contribution is -2.35. The van der Waals surface area contributed by atoms with Crippen LogP contribution in [0.3, 0.4) is 0 Å². The Balaban J connectivity index is 0.000000246. The van der Waals surface area contributed by atoms with Crippen LogP contribution in [0.15, 0.2) is 54.7 Å². The highest BCUT2D eigenvalue weighted by Gasteiger charge is 2.17. The fourth-order valence-electron chi connectivity index (χ4n) is 3.32. The van der Waals surface area contributed by atoms with Crippen LogP contribution in [-0.4, -0.2) is 47.4 Å². The molecule has 1 heterocycles. The number of aryl methyl sites for hydroxylation is 1. The number of phenols is 1. The van der Waals surface area contributed by atoms with Gasteiger partial charge in [0.2, 0.25) is 5.91 Å². The second kappa shape index (κ2) is 13.2. The largest absolute Gasteiger partial charge is 0.507 e. The first-order chi connectivity index (χ1) is 16.3. The lowest BCUT2D eigenvalue weighted by atomic mass is 10.1. The first kappa shape index (κ1) is 26.6. The molecule has 0 bridgehead atoms. The number of rotatable bonds is 8. The van der Waals surface area contributed by atoms with Crippen molar-refractivity contribution in [2.75, 3.05) is 24.7 Å². The molecule has 0 spiro atoms. The first-order valence-electron chi connectivity index (χ1n) is 11.3. The third kappa shape index (κ3) is 7.74. The van der Waals surface area contributed by atoms with Crippen molar-refractivity contribution in [2.24, 2.45) is 0 Å². The highest BCUT2D eigenvalue weighted by molar-refractivity contribution is 5.97. The number of amides is 1. The molecule has 0 atom stereocenters. The van der Waals surface area contributed by atoms with E-state index in [1.165, 1.54) is 6.92 Å². The van der Waals surface area contributed by atoms with Crippen molar-refractivity contribution in [3.63, 3.8) is 0 Å². The average molecular weight is 468 g/mol. The molecular formula is C26H33N3O5. The van der Waals surface area contributed by atoms with Crippen LogP contribution < -0.4 is 10.4 Å². The van der Waals surface area contributed by atoms with Crippen molar-refractivity contribution in [3.05, 3.63) is 71.4 Å². The van der Waals surface area contributed by atoms with E-state index in [4.69, 9.17) is 4.74 Å². The molecule has 8 heteroatoms. The van der Waals surface area contributed by atoms with Crippen molar-refractivity contribution in [2.45, 2.75) is 40.7 Å². The number of carbonyl (C=O) groups is 3. The van der Waals surface area contributed by atoms with E-state index in [-0.39, 0.29) is 30.0 Å². The lowest BCUT2D eigenvalue weighted by molar-refractivity contribution is -0.149. The fraction of sp³-hybridized carbons (Fsp3) is 0.346. The molecule has 2 aromatic carbocycles. The number of carbonyl (C=O) groups excluding carboxylic acids is 3. The van der Waals surface area contributed by atoms with Gasteiger partial charge in [0, 0.05) is 31.8 Å². The monoisotopic (exact) mass is 467 g/mol. The van der Waals surface area contributed by atoms with Crippen LogP contribution in [0.2, 0.25) is 0 Å². The molecule has 0 fully saturated rings. The molecule has 0 unspecified atom stereocenters. The molecule has 182 valence electrons. The number of ketones is 1. The molecule has 0 aromatic heterocycles. The molecule has 0 saturated heterocycles. The van der Waals surface area contributed by atoms with Crippen LogP contribution in [-0.2, 0) is 20.9 Å². The maximum absolute atomic E-state index is 11.9. The SMILES string of the molecule is CC(=O)c1ccc(N2C=CCN2)cc1O.CCOC(=O)CN(Cc1ccccc1C)C(=O)CC. The predicted octanol–water partition coefficient (Wildman–Crippen LogP) is 3.73. The van der Waals surface area contributed by atoms with Gasteiger partial charge in [0.1, 0.15) is 12.3 Å². The van der Waals surface area contributed by atoms with Gasteiger partial charge in [0.15, 0.2) is 5.78 Å². The van der Waals surface area contributed by atoms with Crippen molar-refractivity contribution < 1.29 is 24.2 Å². The molecule has 8 nitrogen and oxygen atoms in total. The van der Waals surface area contributed by atoms with Gasteiger partial charge in [-0.05, 0) is 44.0 Å². The zero-order valence-corrected chi connectivity index (χ0v) is 20.2. The maximum atomic E-state index is 11.9. The summed E-state index contributed by atoms with van der Waals surface area (Å²) in [5.74, 6) is -0.528. The van der Waals surface area contributed by atoms with Crippen molar-refractivity contribution in [1.82, 2.24) is 10.3 Å². The number of hydrogen-bond donors (Lipinski definition) is 2. The van der Waals surface area contributed by atoms with Gasteiger partial charge < -0.3 is 14.7 Å². The molecule has 3 rings (SSSR count). The number of Topliss-reactive ketones (excluding diaryl/α,β-unsaturated/α-hetero) is 1. The highest BCUT2D eigenvalue weighted by atomic mass is 16.5. The second-order valence-corrected chi connectivity index (χ2v) is 7.71. The third-order valence-corrected chi connectivity index (χ3v) is 5.18. The Morgan fingerprint density at radius 3 is 2.44 bits per heavy atom. The minimum Gasteiger partial charge on any atom is -0.507 e. The van der Waals surface area contributed by atoms with E-state index in [1.807, 2.05) is 43.5 Å². The summed E-state index contributed by atoms with van der Waals surface area (Å²) in [6.45, 7) is 8.53. The molecule has 1 aliphatic rings. The summed E-state index contributed by atoms with van der Waals surface area (Å²) in [5.41, 5.74) is 6.40. The van der Waals surface area contributed by atoms with Crippen molar-refractivity contribution in [3.8, 4) is 5.75 Å². The average Bonchev–Trinajstić information content (AvgIpc) is 3.35. The molecule has 2 N–H and O–H groups in total. The summed E-state index contributed by atoms with van der Waals surface area (Å²) < 4.78 is 4.90. The van der Waals surface area contributed by atoms with Crippen LogP contribution in [0.5, 0.6) is 5.75 Å².